The summed E-state index contributed by atoms with van der Waals surface area (Å²) < 4.78 is 1.94. The van der Waals surface area contributed by atoms with Crippen molar-refractivity contribution in [2.45, 2.75) is 46.1 Å². The van der Waals surface area contributed by atoms with Crippen molar-refractivity contribution in [3.8, 4) is 0 Å². The molecule has 2 aliphatic rings. The highest BCUT2D eigenvalue weighted by Gasteiger charge is 2.35. The van der Waals surface area contributed by atoms with Crippen LogP contribution in [0.1, 0.15) is 54.2 Å². The molecular formula is C31H37N5O2S. The van der Waals surface area contributed by atoms with E-state index in [0.717, 1.165) is 55.2 Å². The van der Waals surface area contributed by atoms with E-state index >= 15 is 0 Å². The van der Waals surface area contributed by atoms with Gasteiger partial charge in [-0.05, 0) is 80.2 Å². The lowest BCUT2D eigenvalue weighted by molar-refractivity contribution is 0.0952. The number of carbonyl (C=O) groups is 1. The Morgan fingerprint density at radius 1 is 1.03 bits per heavy atom. The minimum absolute atomic E-state index is 0.0818. The predicted octanol–water partition coefficient (Wildman–Crippen LogP) is 5.37. The fourth-order valence-corrected chi connectivity index (χ4v) is 5.87. The Balaban J connectivity index is 1.40. The molecule has 1 saturated heterocycles. The SMILES string of the molecule is Cc1ccc(NC(=S)Nc2cc(C(=O)NCCC(C)C)ccc2N2C[C@H]3C[C@@H](C2)c2cccc(=O)n2C3)cc1. The van der Waals surface area contributed by atoms with Crippen molar-refractivity contribution in [1.29, 1.82) is 0 Å². The Labute approximate surface area is 235 Å². The molecule has 39 heavy (non-hydrogen) atoms. The monoisotopic (exact) mass is 543 g/mol. The maximum absolute atomic E-state index is 13.0. The number of thiocarbonyl (C=S) groups is 1. The molecule has 1 fully saturated rings. The van der Waals surface area contributed by atoms with Crippen LogP contribution >= 0.6 is 12.2 Å². The summed E-state index contributed by atoms with van der Waals surface area (Å²) in [5.74, 6) is 1.08. The van der Waals surface area contributed by atoms with Crippen molar-refractivity contribution in [3.63, 3.8) is 0 Å². The van der Waals surface area contributed by atoms with Crippen molar-refractivity contribution < 1.29 is 4.79 Å². The maximum atomic E-state index is 13.0. The normalized spacial score (nSPS) is 17.9. The smallest absolute Gasteiger partial charge is 0.251 e. The Bertz CT molecular complexity index is 1420. The zero-order chi connectivity index (χ0) is 27.5. The summed E-state index contributed by atoms with van der Waals surface area (Å²) in [4.78, 5) is 27.8. The average Bonchev–Trinajstić information content (AvgIpc) is 2.90. The minimum atomic E-state index is -0.0912. The number of pyridine rings is 1. The molecule has 7 nitrogen and oxygen atoms in total. The van der Waals surface area contributed by atoms with Crippen LogP contribution in [-0.4, -0.2) is 35.2 Å². The molecule has 1 amide bonds. The summed E-state index contributed by atoms with van der Waals surface area (Å²) in [7, 11) is 0. The van der Waals surface area contributed by atoms with Crippen LogP contribution < -0.4 is 26.4 Å². The van der Waals surface area contributed by atoms with Gasteiger partial charge in [-0.3, -0.25) is 9.59 Å². The Hall–Kier alpha value is -3.65. The Morgan fingerprint density at radius 2 is 1.82 bits per heavy atom. The number of fused-ring (bicyclic) bond motifs is 4. The number of rotatable bonds is 7. The number of anilines is 3. The highest BCUT2D eigenvalue weighted by Crippen LogP contribution is 2.39. The van der Waals surface area contributed by atoms with Gasteiger partial charge in [0.2, 0.25) is 0 Å². The van der Waals surface area contributed by atoms with Gasteiger partial charge in [0.15, 0.2) is 5.11 Å². The van der Waals surface area contributed by atoms with Gasteiger partial charge in [-0.2, -0.15) is 0 Å². The van der Waals surface area contributed by atoms with E-state index in [1.165, 1.54) is 5.56 Å². The first-order valence-electron chi connectivity index (χ1n) is 13.8. The average molecular weight is 544 g/mol. The number of hydrogen-bond donors (Lipinski definition) is 3. The fraction of sp³-hybridized carbons (Fsp3) is 0.387. The minimum Gasteiger partial charge on any atom is -0.369 e. The first kappa shape index (κ1) is 26.9. The second-order valence-corrected chi connectivity index (χ2v) is 11.6. The maximum Gasteiger partial charge on any atom is 0.251 e. The number of nitrogens with zero attached hydrogens (tertiary/aromatic N) is 2. The molecule has 0 spiro atoms. The molecule has 8 heteroatoms. The van der Waals surface area contributed by atoms with Gasteiger partial charge in [0.05, 0.1) is 11.4 Å². The first-order valence-corrected chi connectivity index (χ1v) is 14.2. The second kappa shape index (κ2) is 11.6. The van der Waals surface area contributed by atoms with E-state index in [1.807, 2.05) is 60.0 Å². The summed E-state index contributed by atoms with van der Waals surface area (Å²) in [6.07, 6.45) is 2.01. The summed E-state index contributed by atoms with van der Waals surface area (Å²) in [5, 5.41) is 10.2. The number of aryl methyl sites for hydroxylation is 1. The van der Waals surface area contributed by atoms with Gasteiger partial charge in [-0.1, -0.05) is 37.6 Å². The van der Waals surface area contributed by atoms with Crippen molar-refractivity contribution in [3.05, 3.63) is 87.8 Å². The number of nitrogens with one attached hydrogen (secondary N) is 3. The van der Waals surface area contributed by atoms with Gasteiger partial charge in [0, 0.05) is 55.1 Å². The van der Waals surface area contributed by atoms with Crippen molar-refractivity contribution in [2.24, 2.45) is 11.8 Å². The molecule has 204 valence electrons. The Morgan fingerprint density at radius 3 is 2.59 bits per heavy atom. The van der Waals surface area contributed by atoms with Crippen LogP contribution in [0.25, 0.3) is 0 Å². The number of benzene rings is 2. The fourth-order valence-electron chi connectivity index (χ4n) is 5.64. The zero-order valence-electron chi connectivity index (χ0n) is 22.9. The molecule has 0 radical (unpaired) electrons. The van der Waals surface area contributed by atoms with Gasteiger partial charge in [0.1, 0.15) is 0 Å². The largest absolute Gasteiger partial charge is 0.369 e. The van der Waals surface area contributed by atoms with Gasteiger partial charge in [0.25, 0.3) is 11.5 Å². The molecule has 1 aromatic heterocycles. The molecule has 0 aliphatic carbocycles. The lowest BCUT2D eigenvalue weighted by Gasteiger charge is -2.44. The first-order chi connectivity index (χ1) is 18.8. The summed E-state index contributed by atoms with van der Waals surface area (Å²) in [6.45, 7) is 9.35. The van der Waals surface area contributed by atoms with E-state index in [-0.39, 0.29) is 17.4 Å². The number of aromatic nitrogens is 1. The number of piperidine rings is 1. The van der Waals surface area contributed by atoms with E-state index in [0.29, 0.717) is 29.1 Å². The lowest BCUT2D eigenvalue weighted by atomic mass is 9.83. The van der Waals surface area contributed by atoms with Gasteiger partial charge in [-0.15, -0.1) is 0 Å². The third-order valence-corrected chi connectivity index (χ3v) is 7.85. The van der Waals surface area contributed by atoms with Gasteiger partial charge >= 0.3 is 0 Å². The molecule has 2 aromatic carbocycles. The van der Waals surface area contributed by atoms with Crippen LogP contribution in [0.5, 0.6) is 0 Å². The van der Waals surface area contributed by atoms with Crippen LogP contribution in [-0.2, 0) is 6.54 Å². The van der Waals surface area contributed by atoms with Crippen LogP contribution in [0.15, 0.2) is 65.5 Å². The molecule has 3 N–H and O–H groups in total. The van der Waals surface area contributed by atoms with Gasteiger partial charge in [-0.25, -0.2) is 0 Å². The molecule has 0 saturated carbocycles. The molecule has 2 atom stereocenters. The zero-order valence-corrected chi connectivity index (χ0v) is 23.7. The highest BCUT2D eigenvalue weighted by molar-refractivity contribution is 7.80. The summed E-state index contributed by atoms with van der Waals surface area (Å²) in [6, 6.07) is 19.5. The van der Waals surface area contributed by atoms with Gasteiger partial charge < -0.3 is 25.4 Å². The van der Waals surface area contributed by atoms with E-state index < -0.39 is 0 Å². The third-order valence-electron chi connectivity index (χ3n) is 7.64. The molecular weight excluding hydrogens is 506 g/mol. The van der Waals surface area contributed by atoms with E-state index in [4.69, 9.17) is 12.2 Å². The third kappa shape index (κ3) is 6.33. The van der Waals surface area contributed by atoms with Crippen LogP contribution in [0, 0.1) is 18.8 Å². The van der Waals surface area contributed by atoms with Crippen molar-refractivity contribution in [1.82, 2.24) is 9.88 Å². The quantitative estimate of drug-likeness (QED) is 0.348. The predicted molar refractivity (Wildman–Crippen MR) is 163 cm³/mol. The highest BCUT2D eigenvalue weighted by atomic mass is 32.1. The molecule has 3 aromatic rings. The van der Waals surface area contributed by atoms with E-state index in [2.05, 4.69) is 40.8 Å². The van der Waals surface area contributed by atoms with Crippen molar-refractivity contribution >= 4 is 40.3 Å². The van der Waals surface area contributed by atoms with E-state index in [9.17, 15) is 9.59 Å². The molecule has 5 rings (SSSR count). The lowest BCUT2D eigenvalue weighted by Crippen LogP contribution is -2.47. The van der Waals surface area contributed by atoms with Crippen LogP contribution in [0.4, 0.5) is 17.1 Å². The van der Waals surface area contributed by atoms with E-state index in [1.54, 1.807) is 6.07 Å². The number of amides is 1. The van der Waals surface area contributed by atoms with Crippen molar-refractivity contribution in [2.75, 3.05) is 35.2 Å². The standard InChI is InChI=1S/C31H37N5O2S/c1-20(2)13-14-32-30(38)23-9-12-28(26(16-23)34-31(39)33-25-10-7-21(3)8-11-25)35-17-22-15-24(19-35)27-5-4-6-29(37)36(27)18-22/h4-12,16,20,22,24H,13-15,17-19H2,1-3H3,(H,32,38)(H2,33,34,39)/t22-,24+/m1/s1. The summed E-state index contributed by atoms with van der Waals surface area (Å²) in [5.41, 5.74) is 5.66. The molecule has 0 unspecified atom stereocenters. The van der Waals surface area contributed by atoms with Crippen LogP contribution in [0.3, 0.4) is 0 Å². The second-order valence-electron chi connectivity index (χ2n) is 11.2. The number of carbonyl (C=O) groups excluding carboxylic acids is 1. The summed E-state index contributed by atoms with van der Waals surface area (Å²) >= 11 is 5.69. The molecule has 3 heterocycles. The molecule has 2 aliphatic heterocycles. The topological polar surface area (TPSA) is 78.4 Å². The number of hydrogen-bond acceptors (Lipinski definition) is 4. The van der Waals surface area contributed by atoms with Crippen LogP contribution in [0.2, 0.25) is 0 Å². The molecule has 2 bridgehead atoms. The Kier molecular flexibility index (Phi) is 8.02.